The summed E-state index contributed by atoms with van der Waals surface area (Å²) in [6.07, 6.45) is 24.4. The maximum absolute atomic E-state index is 2.76. The van der Waals surface area contributed by atoms with Gasteiger partial charge in [-0.25, -0.2) is 0 Å². The van der Waals surface area contributed by atoms with E-state index in [-0.39, 0.29) is 0 Å². The van der Waals surface area contributed by atoms with E-state index < -0.39 is 0 Å². The molecule has 2 heteroatoms. The van der Waals surface area contributed by atoms with Gasteiger partial charge in [-0.1, -0.05) is 26.7 Å². The maximum atomic E-state index is 2.76. The van der Waals surface area contributed by atoms with Crippen molar-refractivity contribution in [2.45, 2.75) is 128 Å². The molecular weight excluding hydrogens is 297 g/mol. The minimum absolute atomic E-state index is 1.34. The standard InChI is InChI=1S/C23H48N.Li/c1-4-7-9-11-13-15-17-19-22-24(21-6-3)23-20-18-16-14-12-10-8-5-2;/h3-23H2,1-2H3;. The average Bonchev–Trinajstić information content (AvgIpc) is 2.63. The summed E-state index contributed by atoms with van der Waals surface area (Å²) in [7, 11) is 0. The van der Waals surface area contributed by atoms with Gasteiger partial charge in [0.05, 0.1) is 0 Å². The summed E-state index contributed by atoms with van der Waals surface area (Å²) < 4.78 is 0. The van der Waals surface area contributed by atoms with Gasteiger partial charge in [-0.05, 0) is 0 Å². The average molecular weight is 346 g/mol. The molecule has 0 aliphatic rings. The predicted molar refractivity (Wildman–Crippen MR) is 117 cm³/mol. The summed E-state index contributed by atoms with van der Waals surface area (Å²) in [6, 6.07) is 0. The zero-order valence-electron chi connectivity index (χ0n) is 18.3. The molecular formula is C23H48LiN. The number of rotatable bonds is 21. The molecule has 0 radical (unpaired) electrons. The molecule has 0 fully saturated rings. The number of hydrogen-bond donors (Lipinski definition) is 0. The van der Waals surface area contributed by atoms with Crippen LogP contribution in [0.3, 0.4) is 0 Å². The first kappa shape index (κ1) is 25.6. The van der Waals surface area contributed by atoms with E-state index in [2.05, 4.69) is 36.5 Å². The Hall–Kier alpha value is 0.557. The molecule has 0 aliphatic heterocycles. The first-order valence-corrected chi connectivity index (χ1v) is 12.1. The molecule has 0 aromatic heterocycles. The second-order valence-corrected chi connectivity index (χ2v) is 8.14. The molecule has 0 amide bonds. The minimum Gasteiger partial charge on any atom is -0.0654 e. The Kier molecular flexibility index (Phi) is 23.1. The van der Waals surface area contributed by atoms with Crippen LogP contribution < -0.4 is 0 Å². The van der Waals surface area contributed by atoms with Crippen LogP contribution in [-0.2, 0) is 0 Å². The van der Waals surface area contributed by atoms with E-state index in [1.165, 1.54) is 134 Å². The Labute approximate surface area is 170 Å². The number of unbranched alkanes of at least 4 members (excludes halogenated alkanes) is 14. The van der Waals surface area contributed by atoms with Crippen LogP contribution in [0.4, 0.5) is 0 Å². The predicted octanol–water partition coefficient (Wildman–Crippen LogP) is 7.55. The summed E-state index contributed by atoms with van der Waals surface area (Å²) >= 11 is 2.32. The van der Waals surface area contributed by atoms with Crippen molar-refractivity contribution in [2.24, 2.45) is 0 Å². The topological polar surface area (TPSA) is 3.24 Å². The fourth-order valence-corrected chi connectivity index (χ4v) is 3.66. The van der Waals surface area contributed by atoms with Crippen LogP contribution in [0.2, 0.25) is 5.09 Å². The van der Waals surface area contributed by atoms with E-state index >= 15 is 0 Å². The first-order chi connectivity index (χ1) is 12.3. The quantitative estimate of drug-likeness (QED) is 0.153. The third-order valence-corrected chi connectivity index (χ3v) is 5.48. The monoisotopic (exact) mass is 345 g/mol. The molecule has 0 heterocycles. The second-order valence-electron chi connectivity index (χ2n) is 8.14. The third kappa shape index (κ3) is 20.7. The molecule has 0 saturated carbocycles. The van der Waals surface area contributed by atoms with Crippen molar-refractivity contribution >= 4 is 17.7 Å². The summed E-state index contributed by atoms with van der Waals surface area (Å²) in [5, 5.41) is 1.34. The molecule has 0 aliphatic carbocycles. The van der Waals surface area contributed by atoms with Gasteiger partial charge in [-0.2, -0.15) is 0 Å². The van der Waals surface area contributed by atoms with Crippen LogP contribution in [0.15, 0.2) is 0 Å². The summed E-state index contributed by atoms with van der Waals surface area (Å²) in [5.74, 6) is 0. The second kappa shape index (κ2) is 22.6. The Balaban J connectivity index is 3.54. The van der Waals surface area contributed by atoms with Gasteiger partial charge in [0.15, 0.2) is 0 Å². The van der Waals surface area contributed by atoms with E-state index in [1.54, 1.807) is 0 Å². The van der Waals surface area contributed by atoms with Gasteiger partial charge < -0.3 is 0 Å². The van der Waals surface area contributed by atoms with Crippen LogP contribution in [-0.4, -0.2) is 42.2 Å². The van der Waals surface area contributed by atoms with Gasteiger partial charge in [0, 0.05) is 0 Å². The molecule has 0 atom stereocenters. The van der Waals surface area contributed by atoms with Gasteiger partial charge in [-0.15, -0.1) is 0 Å². The summed E-state index contributed by atoms with van der Waals surface area (Å²) in [6.45, 7) is 8.65. The van der Waals surface area contributed by atoms with Crippen LogP contribution in [0, 0.1) is 0 Å². The Morgan fingerprint density at radius 1 is 0.440 bits per heavy atom. The van der Waals surface area contributed by atoms with Gasteiger partial charge in [0.2, 0.25) is 0 Å². The van der Waals surface area contributed by atoms with Crippen LogP contribution >= 0.6 is 0 Å². The van der Waals surface area contributed by atoms with Gasteiger partial charge in [-0.3, -0.25) is 0 Å². The van der Waals surface area contributed by atoms with E-state index in [0.29, 0.717) is 0 Å². The number of hydrogen-bond acceptors (Lipinski definition) is 1. The van der Waals surface area contributed by atoms with E-state index in [0.717, 1.165) is 0 Å². The number of nitrogens with zero attached hydrogens (tertiary/aromatic N) is 1. The van der Waals surface area contributed by atoms with Crippen molar-refractivity contribution < 1.29 is 0 Å². The smallest absolute Gasteiger partial charge is 0.0654 e. The fraction of sp³-hybridized carbons (Fsp3) is 1.00. The molecule has 0 spiro atoms. The van der Waals surface area contributed by atoms with Crippen molar-refractivity contribution in [3.8, 4) is 0 Å². The molecule has 0 N–H and O–H groups in total. The first-order valence-electron chi connectivity index (χ1n) is 12.1. The van der Waals surface area contributed by atoms with Gasteiger partial charge in [0.25, 0.3) is 0 Å². The molecule has 25 heavy (non-hydrogen) atoms. The fourth-order valence-electron chi connectivity index (χ4n) is 3.66. The summed E-state index contributed by atoms with van der Waals surface area (Å²) in [5.41, 5.74) is 0. The Bertz CT molecular complexity index is 212. The molecule has 0 unspecified atom stereocenters. The van der Waals surface area contributed by atoms with Crippen molar-refractivity contribution in [3.05, 3.63) is 0 Å². The Morgan fingerprint density at radius 3 is 1.12 bits per heavy atom. The zero-order valence-corrected chi connectivity index (χ0v) is 18.3. The van der Waals surface area contributed by atoms with Crippen LogP contribution in [0.5, 0.6) is 0 Å². The van der Waals surface area contributed by atoms with Crippen LogP contribution in [0.25, 0.3) is 0 Å². The molecule has 146 valence electrons. The molecule has 1 nitrogen and oxygen atoms in total. The van der Waals surface area contributed by atoms with Crippen molar-refractivity contribution in [3.63, 3.8) is 0 Å². The van der Waals surface area contributed by atoms with Gasteiger partial charge in [0.1, 0.15) is 0 Å². The van der Waals surface area contributed by atoms with E-state index in [4.69, 9.17) is 0 Å². The van der Waals surface area contributed by atoms with E-state index in [9.17, 15) is 0 Å². The molecule has 0 aromatic rings. The SMILES string of the molecule is [Li][CH2]CCN(CCCCCCCCCC)CCCCCCCCCC. The van der Waals surface area contributed by atoms with E-state index in [1.807, 2.05) is 0 Å². The molecule has 0 aromatic carbocycles. The third-order valence-electron chi connectivity index (χ3n) is 5.48. The Morgan fingerprint density at radius 2 is 0.760 bits per heavy atom. The normalized spacial score (nSPS) is 11.6. The van der Waals surface area contributed by atoms with Crippen LogP contribution in [0.1, 0.15) is 123 Å². The zero-order chi connectivity index (χ0) is 18.4. The van der Waals surface area contributed by atoms with Gasteiger partial charge >= 0.3 is 144 Å². The summed E-state index contributed by atoms with van der Waals surface area (Å²) in [4.78, 5) is 2.76. The molecule has 0 saturated heterocycles. The van der Waals surface area contributed by atoms with Crippen molar-refractivity contribution in [1.82, 2.24) is 4.90 Å². The molecule has 0 bridgehead atoms. The van der Waals surface area contributed by atoms with Crippen molar-refractivity contribution in [1.29, 1.82) is 0 Å². The minimum atomic E-state index is 1.34. The molecule has 0 rings (SSSR count). The van der Waals surface area contributed by atoms with Crippen molar-refractivity contribution in [2.75, 3.05) is 19.6 Å².